The largest absolute Gasteiger partial charge is 0.547 e. The summed E-state index contributed by atoms with van der Waals surface area (Å²) >= 11 is 6.05. The third-order valence-corrected chi connectivity index (χ3v) is 9.24. The Morgan fingerprint density at radius 2 is 1.80 bits per heavy atom. The lowest BCUT2D eigenvalue weighted by atomic mass is 9.72. The molecule has 0 aromatic heterocycles. The molecule has 21 heteroatoms. The minimum absolute atomic E-state index is 0.0205. The number of rotatable bonds is 9. The normalized spacial score (nSPS) is 16.6. The number of nitrogens with zero attached hydrogens (tertiary/aromatic N) is 2. The summed E-state index contributed by atoms with van der Waals surface area (Å²) in [5.41, 5.74) is -0.456. The molecule has 0 spiro atoms. The van der Waals surface area contributed by atoms with Gasteiger partial charge in [-0.25, -0.2) is 14.0 Å². The Labute approximate surface area is 292 Å². The van der Waals surface area contributed by atoms with E-state index in [1.54, 1.807) is 0 Å². The molecule has 268 valence electrons. The first kappa shape index (κ1) is 37.1. The first-order valence-electron chi connectivity index (χ1n) is 14.9. The van der Waals surface area contributed by atoms with Gasteiger partial charge >= 0.3 is 38.5 Å². The number of carboxylic acids is 1. The lowest BCUT2D eigenvalue weighted by molar-refractivity contribution is -0.154. The van der Waals surface area contributed by atoms with Gasteiger partial charge in [0.25, 0.3) is 0 Å². The Hall–Kier alpha value is -5.20. The van der Waals surface area contributed by atoms with Crippen LogP contribution < -0.4 is 15.3 Å². The summed E-state index contributed by atoms with van der Waals surface area (Å²) in [7, 11) is -6.48. The molecule has 5 amide bonds. The van der Waals surface area contributed by atoms with Gasteiger partial charge in [-0.05, 0) is 40.8 Å². The predicted octanol–water partition coefficient (Wildman–Crippen LogP) is 1.03. The van der Waals surface area contributed by atoms with Crippen molar-refractivity contribution in [3.8, 4) is 17.2 Å². The van der Waals surface area contributed by atoms with E-state index in [-0.39, 0.29) is 53.3 Å². The highest BCUT2D eigenvalue weighted by Gasteiger charge is 2.42. The Morgan fingerprint density at radius 1 is 1.08 bits per heavy atom. The molecule has 2 aliphatic rings. The number of piperazine rings is 1. The minimum atomic E-state index is -4.58. The van der Waals surface area contributed by atoms with E-state index in [9.17, 15) is 63.1 Å². The molecule has 51 heavy (non-hydrogen) atoms. The van der Waals surface area contributed by atoms with Crippen molar-refractivity contribution in [2.75, 3.05) is 13.1 Å². The fourth-order valence-electron chi connectivity index (χ4n) is 5.58. The number of phenols is 2. The van der Waals surface area contributed by atoms with E-state index in [2.05, 4.69) is 10.6 Å². The summed E-state index contributed by atoms with van der Waals surface area (Å²) in [6.45, 7) is -0.826. The molecule has 0 unspecified atom stereocenters. The highest BCUT2D eigenvalue weighted by Crippen LogP contribution is 2.40. The molecule has 1 fully saturated rings. The summed E-state index contributed by atoms with van der Waals surface area (Å²) in [6, 6.07) is 6.89. The number of carboxylic acid groups (broad SMARTS) is 1. The maximum Gasteiger partial charge on any atom is 0.547 e. The first-order valence-corrected chi connectivity index (χ1v) is 17.1. The monoisotopic (exact) mass is 748 g/mol. The Morgan fingerprint density at radius 3 is 2.49 bits per heavy atom. The topological polar surface area (TPSA) is 264 Å². The van der Waals surface area contributed by atoms with Gasteiger partial charge in [-0.3, -0.25) is 23.8 Å². The van der Waals surface area contributed by atoms with Crippen molar-refractivity contribution in [1.29, 1.82) is 0 Å². The third-order valence-electron chi connectivity index (χ3n) is 8.05. The van der Waals surface area contributed by atoms with Crippen LogP contribution in [0.15, 0.2) is 48.5 Å². The van der Waals surface area contributed by atoms with Gasteiger partial charge in [0.1, 0.15) is 23.2 Å². The number of imide groups is 1. The molecule has 17 nitrogen and oxygen atoms in total. The van der Waals surface area contributed by atoms with Gasteiger partial charge in [-0.2, -0.15) is 0 Å². The molecule has 2 aliphatic heterocycles. The van der Waals surface area contributed by atoms with E-state index in [1.165, 1.54) is 36.4 Å². The van der Waals surface area contributed by atoms with Crippen LogP contribution >= 0.6 is 19.2 Å². The SMILES string of the molecule is O=C(O)c1c(F)ccc2c1OB(O)[C@@H](NC(=O)[C@H](NC(=O)N1CCN(Cc3ccc(O)c(O)c3Cl)C(=O)C1=O)c1cccc(CP(=O)(O)O)c1)C2. The van der Waals surface area contributed by atoms with Crippen LogP contribution in [0.2, 0.25) is 5.02 Å². The number of aromatic carboxylic acids is 1. The van der Waals surface area contributed by atoms with Crippen LogP contribution in [0.5, 0.6) is 17.2 Å². The van der Waals surface area contributed by atoms with Gasteiger partial charge in [-0.15, -0.1) is 0 Å². The zero-order valence-corrected chi connectivity index (χ0v) is 27.7. The molecule has 3 aromatic rings. The number of benzene rings is 3. The smallest absolute Gasteiger partial charge is 0.534 e. The number of urea groups is 1. The van der Waals surface area contributed by atoms with Crippen molar-refractivity contribution in [2.45, 2.75) is 31.1 Å². The number of fused-ring (bicyclic) bond motifs is 1. The molecule has 5 rings (SSSR count). The van der Waals surface area contributed by atoms with E-state index in [0.29, 0.717) is 4.90 Å². The Bertz CT molecular complexity index is 2000. The van der Waals surface area contributed by atoms with Crippen LogP contribution in [0.4, 0.5) is 9.18 Å². The average molecular weight is 749 g/mol. The number of halogens is 2. The van der Waals surface area contributed by atoms with E-state index >= 15 is 0 Å². The van der Waals surface area contributed by atoms with Gasteiger partial charge in [0.2, 0.25) is 5.91 Å². The maximum absolute atomic E-state index is 14.2. The molecule has 2 heterocycles. The molecular weight excluding hydrogens is 721 g/mol. The first-order chi connectivity index (χ1) is 23.9. The van der Waals surface area contributed by atoms with Crippen molar-refractivity contribution in [3.05, 3.63) is 87.2 Å². The second-order valence-corrected chi connectivity index (χ2v) is 13.6. The van der Waals surface area contributed by atoms with Crippen LogP contribution in [0, 0.1) is 5.82 Å². The second kappa shape index (κ2) is 14.6. The highest BCUT2D eigenvalue weighted by atomic mass is 35.5. The lowest BCUT2D eigenvalue weighted by Gasteiger charge is -2.34. The summed E-state index contributed by atoms with van der Waals surface area (Å²) in [5.74, 6) is -9.08. The van der Waals surface area contributed by atoms with Gasteiger partial charge in [0.05, 0.1) is 17.1 Å². The van der Waals surface area contributed by atoms with Gasteiger partial charge in [0.15, 0.2) is 11.5 Å². The molecule has 3 aromatic carbocycles. The zero-order chi connectivity index (χ0) is 37.4. The van der Waals surface area contributed by atoms with Crippen LogP contribution in [-0.4, -0.2) is 95.8 Å². The van der Waals surface area contributed by atoms with E-state index in [1.807, 2.05) is 0 Å². The third kappa shape index (κ3) is 8.08. The molecule has 2 atom stereocenters. The van der Waals surface area contributed by atoms with Crippen molar-refractivity contribution in [3.63, 3.8) is 0 Å². The molecular formula is C30H28BClFN4O13P. The Kier molecular flexibility index (Phi) is 10.6. The van der Waals surface area contributed by atoms with Gasteiger partial charge in [0, 0.05) is 19.6 Å². The van der Waals surface area contributed by atoms with Crippen molar-refractivity contribution in [1.82, 2.24) is 20.4 Å². The zero-order valence-electron chi connectivity index (χ0n) is 26.0. The van der Waals surface area contributed by atoms with E-state index in [4.69, 9.17) is 16.3 Å². The number of phenolic OH excluding ortho intramolecular Hbond substituents is 2. The second-order valence-electron chi connectivity index (χ2n) is 11.6. The fraction of sp³-hybridized carbons (Fsp3) is 0.233. The molecule has 0 aliphatic carbocycles. The van der Waals surface area contributed by atoms with Gasteiger partial charge < -0.3 is 50.3 Å². The van der Waals surface area contributed by atoms with Gasteiger partial charge in [-0.1, -0.05) is 48.0 Å². The Balaban J connectivity index is 1.37. The number of hydrogen-bond donors (Lipinski definition) is 8. The van der Waals surface area contributed by atoms with Crippen LogP contribution in [0.1, 0.15) is 38.7 Å². The standard InChI is InChI=1S/C30H28BClFN4O13P/c32-22-17(5-7-19(38)24(22)39)12-36-8-9-37(28(42)27(36)41)30(45)35-23(15-3-1-2-14(10-15)13-51(47,48)49)26(40)34-20-11-16-4-6-18(33)21(29(43)44)25(16)50-31(20)46/h1-7,10,20,23,38-39,46H,8-9,11-13H2,(H,34,40)(H,35,45)(H,43,44)(H2,47,48,49)/t20-,23+/m0/s1. The summed E-state index contributed by atoms with van der Waals surface area (Å²) in [4.78, 5) is 85.5. The molecule has 0 bridgehead atoms. The number of amides is 5. The van der Waals surface area contributed by atoms with Crippen molar-refractivity contribution < 1.29 is 67.7 Å². The number of aromatic hydroxyl groups is 2. The number of carbonyl (C=O) groups excluding carboxylic acids is 4. The quantitative estimate of drug-likeness (QED) is 0.0659. The fourth-order valence-corrected chi connectivity index (χ4v) is 6.47. The van der Waals surface area contributed by atoms with E-state index < -0.39 is 91.2 Å². The lowest BCUT2D eigenvalue weighted by Crippen LogP contribution is -2.60. The number of nitrogens with one attached hydrogen (secondary N) is 2. The summed E-state index contributed by atoms with van der Waals surface area (Å²) in [6.07, 6.45) is -0.977. The number of carbonyl (C=O) groups is 5. The molecule has 0 saturated carbocycles. The molecule has 8 N–H and O–H groups in total. The summed E-state index contributed by atoms with van der Waals surface area (Å²) in [5, 5.41) is 44.2. The highest BCUT2D eigenvalue weighted by molar-refractivity contribution is 7.50. The number of hydrogen-bond acceptors (Lipinski definition) is 10. The van der Waals surface area contributed by atoms with Crippen molar-refractivity contribution >= 4 is 56.0 Å². The molecule has 1 saturated heterocycles. The maximum atomic E-state index is 14.2. The van der Waals surface area contributed by atoms with Crippen LogP contribution in [0.25, 0.3) is 0 Å². The average Bonchev–Trinajstić information content (AvgIpc) is 3.05. The predicted molar refractivity (Wildman–Crippen MR) is 173 cm³/mol. The van der Waals surface area contributed by atoms with Crippen LogP contribution in [-0.2, 0) is 38.1 Å². The minimum Gasteiger partial charge on any atom is -0.534 e. The van der Waals surface area contributed by atoms with Crippen molar-refractivity contribution in [2.24, 2.45) is 0 Å². The molecule has 0 radical (unpaired) electrons. The van der Waals surface area contributed by atoms with Crippen LogP contribution in [0.3, 0.4) is 0 Å². The van der Waals surface area contributed by atoms with E-state index in [0.717, 1.165) is 17.0 Å². The summed E-state index contributed by atoms with van der Waals surface area (Å²) < 4.78 is 31.2.